The van der Waals surface area contributed by atoms with Gasteiger partial charge >= 0.3 is 5.97 Å². The molecule has 10 heteroatoms. The average Bonchev–Trinajstić information content (AvgIpc) is 3.14. The van der Waals surface area contributed by atoms with Crippen molar-refractivity contribution in [3.63, 3.8) is 0 Å². The highest BCUT2D eigenvalue weighted by Crippen LogP contribution is 2.46. The van der Waals surface area contributed by atoms with Crippen LogP contribution in [0.3, 0.4) is 0 Å². The summed E-state index contributed by atoms with van der Waals surface area (Å²) < 4.78 is 7.50. The number of aromatic carboxylic acids is 1. The summed E-state index contributed by atoms with van der Waals surface area (Å²) in [5, 5.41) is 22.6. The molecule has 2 aromatic carbocycles. The lowest BCUT2D eigenvalue weighted by molar-refractivity contribution is 0.0455. The molecule has 2 unspecified atom stereocenters. The number of aryl methyl sites for hydroxylation is 1. The van der Waals surface area contributed by atoms with Gasteiger partial charge in [0.2, 0.25) is 0 Å². The molecule has 0 radical (unpaired) electrons. The number of halogens is 2. The van der Waals surface area contributed by atoms with E-state index in [2.05, 4.69) is 42.9 Å². The Labute approximate surface area is 276 Å². The zero-order chi connectivity index (χ0) is 30.7. The van der Waals surface area contributed by atoms with E-state index in [1.165, 1.54) is 11.1 Å². The second kappa shape index (κ2) is 13.8. The molecule has 1 saturated carbocycles. The molecule has 1 fully saturated rings. The lowest BCUT2D eigenvalue weighted by Gasteiger charge is -2.45. The third-order valence-corrected chi connectivity index (χ3v) is 11.2. The van der Waals surface area contributed by atoms with Crippen molar-refractivity contribution in [1.29, 1.82) is 0 Å². The molecule has 3 aromatic rings. The normalized spacial score (nSPS) is 23.6. The number of carboxylic acid groups (broad SMARTS) is 1. The summed E-state index contributed by atoms with van der Waals surface area (Å²) in [5.74, 6) is 1.08. The quantitative estimate of drug-likeness (QED) is 0.127. The van der Waals surface area contributed by atoms with E-state index in [-0.39, 0.29) is 22.8 Å². The SMILES string of the molecule is O=C(O)c1ccc2c(c1)N(C[C@@H]1CC[C@H]1C(O)/C=C(\Br)CCCSc1ncccn1)CC1(CCCc3cc(Cl)ccc31)CO2. The van der Waals surface area contributed by atoms with Crippen LogP contribution in [0.4, 0.5) is 5.69 Å². The van der Waals surface area contributed by atoms with Crippen LogP contribution in [0.1, 0.15) is 60.0 Å². The molecule has 0 amide bonds. The number of rotatable bonds is 10. The van der Waals surface area contributed by atoms with E-state index < -0.39 is 12.1 Å². The Kier molecular flexibility index (Phi) is 9.86. The highest BCUT2D eigenvalue weighted by Gasteiger charge is 2.44. The summed E-state index contributed by atoms with van der Waals surface area (Å²) in [6.45, 7) is 1.98. The van der Waals surface area contributed by atoms with Crippen LogP contribution in [0.5, 0.6) is 5.75 Å². The number of hydrogen-bond acceptors (Lipinski definition) is 7. The van der Waals surface area contributed by atoms with Crippen molar-refractivity contribution < 1.29 is 19.7 Å². The molecule has 44 heavy (non-hydrogen) atoms. The first-order valence-corrected chi connectivity index (χ1v) is 17.4. The Morgan fingerprint density at radius 3 is 2.84 bits per heavy atom. The Bertz CT molecular complexity index is 1530. The molecule has 2 N–H and O–H groups in total. The molecule has 0 bridgehead atoms. The third-order valence-electron chi connectivity index (χ3n) is 9.34. The molecular formula is C34H37BrClN3O4S. The minimum absolute atomic E-state index is 0.137. The number of aliphatic hydroxyl groups excluding tert-OH is 1. The van der Waals surface area contributed by atoms with Gasteiger partial charge in [0.05, 0.1) is 24.0 Å². The first kappa shape index (κ1) is 31.4. The highest BCUT2D eigenvalue weighted by molar-refractivity contribution is 9.11. The number of benzene rings is 2. The molecule has 1 aromatic heterocycles. The smallest absolute Gasteiger partial charge is 0.335 e. The topological polar surface area (TPSA) is 95.8 Å². The second-order valence-electron chi connectivity index (χ2n) is 12.2. The van der Waals surface area contributed by atoms with E-state index in [0.717, 1.165) is 84.1 Å². The Hall–Kier alpha value is -2.59. The zero-order valence-electron chi connectivity index (χ0n) is 24.5. The number of thioether (sulfide) groups is 1. The Morgan fingerprint density at radius 2 is 2.07 bits per heavy atom. The van der Waals surface area contributed by atoms with Crippen LogP contribution in [-0.4, -0.2) is 57.7 Å². The van der Waals surface area contributed by atoms with Crippen molar-refractivity contribution >= 4 is 50.9 Å². The van der Waals surface area contributed by atoms with E-state index in [4.69, 9.17) is 16.3 Å². The number of carboxylic acids is 1. The summed E-state index contributed by atoms with van der Waals surface area (Å²) >= 11 is 11.7. The number of allylic oxidation sites excluding steroid dienone is 1. The van der Waals surface area contributed by atoms with Crippen LogP contribution in [0, 0.1) is 11.8 Å². The van der Waals surface area contributed by atoms with E-state index in [1.54, 1.807) is 42.4 Å². The molecule has 1 spiro atoms. The van der Waals surface area contributed by atoms with Crippen LogP contribution in [0.25, 0.3) is 0 Å². The van der Waals surface area contributed by atoms with Gasteiger partial charge < -0.3 is 19.8 Å². The minimum atomic E-state index is -0.953. The third kappa shape index (κ3) is 6.96. The summed E-state index contributed by atoms with van der Waals surface area (Å²) in [6, 6.07) is 13.2. The van der Waals surface area contributed by atoms with E-state index in [9.17, 15) is 15.0 Å². The van der Waals surface area contributed by atoms with Crippen molar-refractivity contribution in [2.24, 2.45) is 11.8 Å². The molecular weight excluding hydrogens is 662 g/mol. The molecule has 2 aliphatic carbocycles. The second-order valence-corrected chi connectivity index (χ2v) is 14.7. The standard InChI is InChI=1S/C34H37BrClN3O4S/c35-25(5-2-15-44-33-37-13-3-14-38-33)18-30(40)27-9-6-24(27)19-39-20-34(12-1-4-22-16-26(36)8-10-28(22)34)21-43-31-11-7-23(32(41)42)17-29(31)39/h3,7-8,10-11,13-14,16-18,24,27,30,40H,1-2,4-6,9,12,15,19-21H2,(H,41,42)/b25-18-/t24-,27+,30?,34?/m0/s1. The summed E-state index contributed by atoms with van der Waals surface area (Å²) in [5.41, 5.74) is 3.38. The predicted molar refractivity (Wildman–Crippen MR) is 178 cm³/mol. The van der Waals surface area contributed by atoms with E-state index >= 15 is 0 Å². The van der Waals surface area contributed by atoms with Gasteiger partial charge in [-0.2, -0.15) is 0 Å². The van der Waals surface area contributed by atoms with Gasteiger partial charge in [-0.3, -0.25) is 0 Å². The van der Waals surface area contributed by atoms with Gasteiger partial charge in [-0.25, -0.2) is 14.8 Å². The molecule has 7 nitrogen and oxygen atoms in total. The van der Waals surface area contributed by atoms with Gasteiger partial charge in [0.25, 0.3) is 0 Å². The number of aliphatic hydroxyl groups is 1. The maximum atomic E-state index is 11.9. The van der Waals surface area contributed by atoms with Crippen LogP contribution >= 0.6 is 39.3 Å². The number of carbonyl (C=O) groups is 1. The number of nitrogens with zero attached hydrogens (tertiary/aromatic N) is 3. The lowest BCUT2D eigenvalue weighted by Crippen LogP contribution is -2.49. The largest absolute Gasteiger partial charge is 0.490 e. The van der Waals surface area contributed by atoms with Crippen LogP contribution in [-0.2, 0) is 11.8 Å². The molecule has 0 saturated heterocycles. The fourth-order valence-corrected chi connectivity index (χ4v) is 8.45. The Morgan fingerprint density at radius 1 is 1.23 bits per heavy atom. The van der Waals surface area contributed by atoms with Gasteiger partial charge in [-0.15, -0.1) is 0 Å². The number of aromatic nitrogens is 2. The van der Waals surface area contributed by atoms with E-state index in [1.807, 2.05) is 18.2 Å². The van der Waals surface area contributed by atoms with Crippen molar-refractivity contribution in [2.45, 2.75) is 61.6 Å². The first-order valence-electron chi connectivity index (χ1n) is 15.3. The summed E-state index contributed by atoms with van der Waals surface area (Å²) in [6.07, 6.45) is 11.7. The van der Waals surface area contributed by atoms with E-state index in [0.29, 0.717) is 12.4 Å². The lowest BCUT2D eigenvalue weighted by atomic mass is 9.68. The van der Waals surface area contributed by atoms with Gasteiger partial charge in [-0.05, 0) is 115 Å². The average molecular weight is 699 g/mol. The molecule has 2 heterocycles. The number of hydrogen-bond donors (Lipinski definition) is 2. The fraction of sp³-hybridized carbons (Fsp3) is 0.441. The van der Waals surface area contributed by atoms with Gasteiger partial charge in [0.1, 0.15) is 5.75 Å². The van der Waals surface area contributed by atoms with Crippen LogP contribution in [0.15, 0.2) is 70.6 Å². The Balaban J connectivity index is 1.18. The van der Waals surface area contributed by atoms with Gasteiger partial charge in [-0.1, -0.05) is 45.4 Å². The van der Waals surface area contributed by atoms with Crippen molar-refractivity contribution in [3.8, 4) is 5.75 Å². The van der Waals surface area contributed by atoms with Crippen molar-refractivity contribution in [1.82, 2.24) is 9.97 Å². The molecule has 1 aliphatic heterocycles. The maximum Gasteiger partial charge on any atom is 0.335 e. The van der Waals surface area contributed by atoms with Crippen molar-refractivity contribution in [3.05, 3.63) is 87.1 Å². The molecule has 232 valence electrons. The molecule has 3 aliphatic rings. The predicted octanol–water partition coefficient (Wildman–Crippen LogP) is 7.54. The molecule has 6 rings (SSSR count). The highest BCUT2D eigenvalue weighted by atomic mass is 79.9. The van der Waals surface area contributed by atoms with Gasteiger partial charge in [0, 0.05) is 41.7 Å². The summed E-state index contributed by atoms with van der Waals surface area (Å²) in [4.78, 5) is 22.8. The van der Waals surface area contributed by atoms with Crippen molar-refractivity contribution in [2.75, 3.05) is 30.3 Å². The number of fused-ring (bicyclic) bond motifs is 3. The number of ether oxygens (including phenoxy) is 1. The zero-order valence-corrected chi connectivity index (χ0v) is 27.7. The maximum absolute atomic E-state index is 11.9. The van der Waals surface area contributed by atoms with Gasteiger partial charge in [0.15, 0.2) is 5.16 Å². The minimum Gasteiger partial charge on any atom is -0.490 e. The first-order chi connectivity index (χ1) is 21.3. The van der Waals surface area contributed by atoms with Crippen LogP contribution in [0.2, 0.25) is 5.02 Å². The monoisotopic (exact) mass is 697 g/mol. The summed E-state index contributed by atoms with van der Waals surface area (Å²) in [7, 11) is 0. The fourth-order valence-electron chi connectivity index (χ4n) is 6.96. The van der Waals surface area contributed by atoms with Crippen LogP contribution < -0.4 is 9.64 Å². The number of anilines is 1. The molecule has 4 atom stereocenters.